The molecule has 0 spiro atoms. The molecule has 2 aromatic carbocycles. The molecule has 0 aliphatic heterocycles. The van der Waals surface area contributed by atoms with Crippen molar-refractivity contribution >= 4 is 29.8 Å². The zero-order chi connectivity index (χ0) is 22.9. The number of nitro benzene ring substituents is 1. The molecular weight excluding hydrogens is 410 g/mol. The molecule has 0 aliphatic rings. The Bertz CT molecular complexity index is 1190. The highest BCUT2D eigenvalue weighted by atomic mass is 16.6. The van der Waals surface area contributed by atoms with Crippen molar-refractivity contribution in [1.82, 2.24) is 15.7 Å². The number of nitrogens with one attached hydrogen (secondary N) is 2. The quantitative estimate of drug-likeness (QED) is 0.258. The van der Waals surface area contributed by atoms with Crippen LogP contribution in [-0.2, 0) is 4.79 Å². The van der Waals surface area contributed by atoms with E-state index in [0.29, 0.717) is 16.8 Å². The van der Waals surface area contributed by atoms with Crippen LogP contribution >= 0.6 is 0 Å². The van der Waals surface area contributed by atoms with Crippen LogP contribution < -0.4 is 10.7 Å². The summed E-state index contributed by atoms with van der Waals surface area (Å²) < 4.78 is 0. The van der Waals surface area contributed by atoms with Gasteiger partial charge in [0.05, 0.1) is 16.8 Å². The van der Waals surface area contributed by atoms with Gasteiger partial charge in [0.1, 0.15) is 5.70 Å². The number of carbonyl (C=O) groups is 2. The minimum Gasteiger partial charge on any atom is -0.317 e. The highest BCUT2D eigenvalue weighted by Crippen LogP contribution is 2.14. The summed E-state index contributed by atoms with van der Waals surface area (Å²) in [6.07, 6.45) is 2.79. The van der Waals surface area contributed by atoms with Gasteiger partial charge in [0.25, 0.3) is 17.5 Å². The fourth-order valence-electron chi connectivity index (χ4n) is 2.65. The largest absolute Gasteiger partial charge is 0.317 e. The number of pyridine rings is 1. The summed E-state index contributed by atoms with van der Waals surface area (Å²) in [7, 11) is 0. The lowest BCUT2D eigenvalue weighted by atomic mass is 10.1. The average molecular weight is 429 g/mol. The average Bonchev–Trinajstić information content (AvgIpc) is 2.79. The monoisotopic (exact) mass is 429 g/mol. The van der Waals surface area contributed by atoms with Crippen LogP contribution in [0.15, 0.2) is 83.6 Å². The maximum atomic E-state index is 12.7. The molecule has 3 aromatic rings. The number of nitrogens with zero attached hydrogens (tertiary/aromatic N) is 3. The van der Waals surface area contributed by atoms with Crippen LogP contribution in [-0.4, -0.2) is 27.9 Å². The van der Waals surface area contributed by atoms with Gasteiger partial charge >= 0.3 is 0 Å². The van der Waals surface area contributed by atoms with Gasteiger partial charge in [-0.25, -0.2) is 5.43 Å². The van der Waals surface area contributed by atoms with E-state index in [9.17, 15) is 19.7 Å². The first-order valence-electron chi connectivity index (χ1n) is 9.52. The molecule has 1 heterocycles. The molecule has 160 valence electrons. The van der Waals surface area contributed by atoms with Crippen molar-refractivity contribution in [3.8, 4) is 0 Å². The molecule has 1 aromatic heterocycles. The number of nitro groups is 1. The molecule has 2 N–H and O–H groups in total. The lowest BCUT2D eigenvalue weighted by Crippen LogP contribution is -2.32. The third kappa shape index (κ3) is 6.17. The van der Waals surface area contributed by atoms with Crippen molar-refractivity contribution in [3.05, 3.63) is 111 Å². The van der Waals surface area contributed by atoms with Crippen molar-refractivity contribution in [1.29, 1.82) is 0 Å². The molecule has 0 radical (unpaired) electrons. The van der Waals surface area contributed by atoms with E-state index in [1.165, 1.54) is 36.6 Å². The molecule has 0 saturated heterocycles. The Labute approximate surface area is 183 Å². The third-order valence-electron chi connectivity index (χ3n) is 4.22. The zero-order valence-corrected chi connectivity index (χ0v) is 17.1. The molecule has 9 heteroatoms. The van der Waals surface area contributed by atoms with Gasteiger partial charge in [-0.05, 0) is 55.0 Å². The number of hydrogen-bond acceptors (Lipinski definition) is 6. The number of aromatic nitrogens is 1. The Kier molecular flexibility index (Phi) is 7.16. The molecule has 2 amide bonds. The smallest absolute Gasteiger partial charge is 0.287 e. The Hall–Kier alpha value is -4.66. The van der Waals surface area contributed by atoms with Crippen LogP contribution in [0.2, 0.25) is 0 Å². The van der Waals surface area contributed by atoms with Gasteiger partial charge < -0.3 is 5.32 Å². The highest BCUT2D eigenvalue weighted by Gasteiger charge is 2.14. The number of non-ortho nitro benzene ring substituents is 1. The van der Waals surface area contributed by atoms with Crippen LogP contribution in [0.25, 0.3) is 6.08 Å². The van der Waals surface area contributed by atoms with Crippen molar-refractivity contribution in [3.63, 3.8) is 0 Å². The fraction of sp³-hybridized carbons (Fsp3) is 0.0435. The maximum Gasteiger partial charge on any atom is 0.287 e. The SMILES string of the molecule is Cc1cccc(C=NNC(=O)C(=Cc2ccc([N+](=O)[O-])cc2)NC(=O)c2ccccc2)n1. The molecule has 0 saturated carbocycles. The molecule has 0 unspecified atom stereocenters. The van der Waals surface area contributed by atoms with E-state index < -0.39 is 16.7 Å². The van der Waals surface area contributed by atoms with E-state index in [4.69, 9.17) is 0 Å². The summed E-state index contributed by atoms with van der Waals surface area (Å²) in [6, 6.07) is 19.3. The number of amides is 2. The van der Waals surface area contributed by atoms with Gasteiger partial charge in [0.2, 0.25) is 0 Å². The summed E-state index contributed by atoms with van der Waals surface area (Å²) in [5.74, 6) is -1.16. The molecule has 3 rings (SSSR count). The van der Waals surface area contributed by atoms with Gasteiger partial charge in [0, 0.05) is 23.4 Å². The highest BCUT2D eigenvalue weighted by molar-refractivity contribution is 6.05. The summed E-state index contributed by atoms with van der Waals surface area (Å²) in [5.41, 5.74) is 4.39. The molecular formula is C23H19N5O4. The predicted molar refractivity (Wildman–Crippen MR) is 120 cm³/mol. The second kappa shape index (κ2) is 10.4. The maximum absolute atomic E-state index is 12.7. The number of hydrogen-bond donors (Lipinski definition) is 2. The second-order valence-corrected chi connectivity index (χ2v) is 6.63. The third-order valence-corrected chi connectivity index (χ3v) is 4.22. The second-order valence-electron chi connectivity index (χ2n) is 6.63. The topological polar surface area (TPSA) is 127 Å². The molecule has 0 aliphatic carbocycles. The molecule has 32 heavy (non-hydrogen) atoms. The predicted octanol–water partition coefficient (Wildman–Crippen LogP) is 3.22. The van der Waals surface area contributed by atoms with Crippen LogP contribution in [0.4, 0.5) is 5.69 Å². The van der Waals surface area contributed by atoms with Gasteiger partial charge in [-0.2, -0.15) is 5.10 Å². The minimum atomic E-state index is -0.670. The minimum absolute atomic E-state index is 0.0814. The van der Waals surface area contributed by atoms with Crippen molar-refractivity contribution in [2.45, 2.75) is 6.92 Å². The van der Waals surface area contributed by atoms with Gasteiger partial charge in [-0.15, -0.1) is 0 Å². The Morgan fingerprint density at radius 1 is 1.00 bits per heavy atom. The van der Waals surface area contributed by atoms with E-state index >= 15 is 0 Å². The summed E-state index contributed by atoms with van der Waals surface area (Å²) in [6.45, 7) is 1.83. The van der Waals surface area contributed by atoms with Gasteiger partial charge in [-0.1, -0.05) is 24.3 Å². The first kappa shape index (κ1) is 22.0. The summed E-state index contributed by atoms with van der Waals surface area (Å²) in [4.78, 5) is 39.8. The first-order valence-corrected chi connectivity index (χ1v) is 9.52. The van der Waals surface area contributed by atoms with Crippen molar-refractivity contribution in [2.24, 2.45) is 5.10 Å². The Balaban J connectivity index is 1.82. The standard InChI is InChI=1S/C23H19N5O4/c1-16-6-5-9-19(25-16)15-24-27-23(30)21(26-22(29)18-7-3-2-4-8-18)14-17-10-12-20(13-11-17)28(31)32/h2-15H,1H3,(H,26,29)(H,27,30). The number of carbonyl (C=O) groups excluding carboxylic acids is 2. The van der Waals surface area contributed by atoms with Crippen molar-refractivity contribution in [2.75, 3.05) is 0 Å². The van der Waals surface area contributed by atoms with E-state index in [1.54, 1.807) is 36.4 Å². The van der Waals surface area contributed by atoms with Crippen molar-refractivity contribution < 1.29 is 14.5 Å². The zero-order valence-electron chi connectivity index (χ0n) is 17.1. The number of hydrazone groups is 1. The normalized spacial score (nSPS) is 11.2. The lowest BCUT2D eigenvalue weighted by molar-refractivity contribution is -0.384. The fourth-order valence-corrected chi connectivity index (χ4v) is 2.65. The molecule has 0 fully saturated rings. The first-order chi connectivity index (χ1) is 15.4. The van der Waals surface area contributed by atoms with Crippen LogP contribution in [0.3, 0.4) is 0 Å². The summed E-state index contributed by atoms with van der Waals surface area (Å²) in [5, 5.41) is 17.3. The lowest BCUT2D eigenvalue weighted by Gasteiger charge is -2.09. The van der Waals surface area contributed by atoms with Crippen LogP contribution in [0.1, 0.15) is 27.3 Å². The Morgan fingerprint density at radius 3 is 2.38 bits per heavy atom. The van der Waals surface area contributed by atoms with Crippen LogP contribution in [0.5, 0.6) is 0 Å². The van der Waals surface area contributed by atoms with Gasteiger partial charge in [0.15, 0.2) is 0 Å². The van der Waals surface area contributed by atoms with Gasteiger partial charge in [-0.3, -0.25) is 24.7 Å². The number of rotatable bonds is 7. The van der Waals surface area contributed by atoms with E-state index in [2.05, 4.69) is 20.8 Å². The number of aryl methyl sites for hydroxylation is 1. The molecule has 0 bridgehead atoms. The molecule has 0 atom stereocenters. The Morgan fingerprint density at radius 2 is 1.72 bits per heavy atom. The van der Waals surface area contributed by atoms with E-state index in [-0.39, 0.29) is 11.4 Å². The number of benzene rings is 2. The molecule has 9 nitrogen and oxygen atoms in total. The van der Waals surface area contributed by atoms with Crippen LogP contribution in [0, 0.1) is 17.0 Å². The van der Waals surface area contributed by atoms with E-state index in [1.807, 2.05) is 19.1 Å². The van der Waals surface area contributed by atoms with E-state index in [0.717, 1.165) is 5.69 Å². The summed E-state index contributed by atoms with van der Waals surface area (Å²) >= 11 is 0.